The maximum atomic E-state index is 11.4. The van der Waals surface area contributed by atoms with E-state index < -0.39 is 5.97 Å². The van der Waals surface area contributed by atoms with Crippen molar-refractivity contribution >= 4 is 23.5 Å². The zero-order valence-electron chi connectivity index (χ0n) is 15.6. The van der Waals surface area contributed by atoms with Gasteiger partial charge in [-0.15, -0.1) is 0 Å². The number of carboxylic acids is 1. The molecule has 3 heterocycles. The van der Waals surface area contributed by atoms with E-state index in [9.17, 15) is 9.90 Å². The zero-order chi connectivity index (χ0) is 19.8. The van der Waals surface area contributed by atoms with Crippen molar-refractivity contribution in [2.75, 3.05) is 57.3 Å². The molecule has 2 fully saturated rings. The van der Waals surface area contributed by atoms with Gasteiger partial charge in [-0.05, 0) is 6.07 Å². The Labute approximate surface area is 169 Å². The number of carbonyl (C=O) groups is 1. The zero-order valence-corrected chi connectivity index (χ0v) is 16.4. The Morgan fingerprint density at radius 3 is 2.18 bits per heavy atom. The van der Waals surface area contributed by atoms with Crippen molar-refractivity contribution in [3.05, 3.63) is 41.0 Å². The van der Waals surface area contributed by atoms with Gasteiger partial charge in [-0.1, -0.05) is 29.8 Å². The van der Waals surface area contributed by atoms with Gasteiger partial charge in [0.15, 0.2) is 0 Å². The average Bonchev–Trinajstić information content (AvgIpc) is 2.76. The van der Waals surface area contributed by atoms with Gasteiger partial charge < -0.3 is 26.0 Å². The molecule has 1 aromatic carbocycles. The number of hydrogen-bond acceptors (Lipinski definition) is 7. The van der Waals surface area contributed by atoms with Crippen LogP contribution >= 0.6 is 11.6 Å². The first kappa shape index (κ1) is 20.5. The number of halogens is 1. The van der Waals surface area contributed by atoms with E-state index in [0.717, 1.165) is 52.4 Å². The van der Waals surface area contributed by atoms with Crippen LogP contribution < -0.4 is 20.9 Å². The molecule has 2 aromatic rings. The second-order valence-electron chi connectivity index (χ2n) is 6.45. The Morgan fingerprint density at radius 2 is 1.61 bits per heavy atom. The van der Waals surface area contributed by atoms with Crippen molar-refractivity contribution in [3.63, 3.8) is 0 Å². The molecule has 9 heteroatoms. The molecule has 150 valence electrons. The maximum Gasteiger partial charge on any atom is 0.339 e. The fraction of sp³-hybridized carbons (Fsp3) is 0.421. The summed E-state index contributed by atoms with van der Waals surface area (Å²) in [6.07, 6.45) is 1.35. The molecule has 0 amide bonds. The maximum absolute atomic E-state index is 11.4. The highest BCUT2D eigenvalue weighted by molar-refractivity contribution is 6.33. The second-order valence-corrected chi connectivity index (χ2v) is 6.86. The van der Waals surface area contributed by atoms with Gasteiger partial charge in [0.2, 0.25) is 5.95 Å². The molecular weight excluding hydrogens is 380 g/mol. The highest BCUT2D eigenvalue weighted by Crippen LogP contribution is 2.29. The monoisotopic (exact) mass is 404 g/mol. The number of anilines is 1. The van der Waals surface area contributed by atoms with Crippen molar-refractivity contribution in [1.29, 1.82) is 0 Å². The summed E-state index contributed by atoms with van der Waals surface area (Å²) in [6, 6.07) is 7.08. The number of benzene rings is 1. The van der Waals surface area contributed by atoms with Crippen LogP contribution in [0.15, 0.2) is 30.5 Å². The van der Waals surface area contributed by atoms with Crippen LogP contribution in [-0.2, 0) is 0 Å². The lowest BCUT2D eigenvalue weighted by Crippen LogP contribution is -2.44. The molecule has 0 atom stereocenters. The summed E-state index contributed by atoms with van der Waals surface area (Å²) in [5.41, 5.74) is 0.994. The molecule has 0 aliphatic carbocycles. The van der Waals surface area contributed by atoms with Crippen molar-refractivity contribution in [2.45, 2.75) is 0 Å². The molecule has 1 aromatic heterocycles. The van der Waals surface area contributed by atoms with E-state index in [1.54, 1.807) is 24.3 Å². The number of carboxylic acid groups (broad SMARTS) is 1. The summed E-state index contributed by atoms with van der Waals surface area (Å²) >= 11 is 6.20. The lowest BCUT2D eigenvalue weighted by atomic mass is 10.1. The molecule has 0 saturated carbocycles. The number of nitrogens with one attached hydrogen (secondary N) is 3. The highest BCUT2D eigenvalue weighted by Gasteiger charge is 2.20. The van der Waals surface area contributed by atoms with Gasteiger partial charge in [-0.25, -0.2) is 14.8 Å². The van der Waals surface area contributed by atoms with Crippen LogP contribution in [-0.4, -0.2) is 73.4 Å². The molecule has 2 saturated heterocycles. The molecule has 8 nitrogen and oxygen atoms in total. The van der Waals surface area contributed by atoms with Crippen LogP contribution in [0.25, 0.3) is 11.3 Å². The average molecular weight is 405 g/mol. The van der Waals surface area contributed by atoms with E-state index in [2.05, 4.69) is 25.9 Å². The van der Waals surface area contributed by atoms with Gasteiger partial charge in [-0.2, -0.15) is 0 Å². The number of nitrogens with zero attached hydrogens (tertiary/aromatic N) is 3. The van der Waals surface area contributed by atoms with Gasteiger partial charge in [0.1, 0.15) is 5.56 Å². The number of rotatable bonds is 3. The van der Waals surface area contributed by atoms with E-state index in [1.165, 1.54) is 6.20 Å². The van der Waals surface area contributed by atoms with Crippen molar-refractivity contribution in [1.82, 2.24) is 25.9 Å². The number of hydrogen-bond donors (Lipinski definition) is 4. The third kappa shape index (κ3) is 5.39. The van der Waals surface area contributed by atoms with Crippen LogP contribution in [0.2, 0.25) is 5.02 Å². The SMILES string of the molecule is C1CNCCN1.O=C(O)c1cnc(N2CCNCC2)nc1-c1ccccc1Cl. The lowest BCUT2D eigenvalue weighted by Gasteiger charge is -2.27. The first-order chi connectivity index (χ1) is 13.7. The third-order valence-corrected chi connectivity index (χ3v) is 4.82. The van der Waals surface area contributed by atoms with E-state index in [4.69, 9.17) is 11.6 Å². The van der Waals surface area contributed by atoms with Crippen molar-refractivity contribution in [3.8, 4) is 11.3 Å². The third-order valence-electron chi connectivity index (χ3n) is 4.49. The number of piperazine rings is 2. The fourth-order valence-electron chi connectivity index (χ4n) is 3.01. The molecule has 2 aliphatic rings. The van der Waals surface area contributed by atoms with Crippen LogP contribution in [0.1, 0.15) is 10.4 Å². The predicted molar refractivity (Wildman–Crippen MR) is 110 cm³/mol. The van der Waals surface area contributed by atoms with Crippen LogP contribution in [0.4, 0.5) is 5.95 Å². The molecule has 0 unspecified atom stereocenters. The summed E-state index contributed by atoms with van der Waals surface area (Å²) in [5, 5.41) is 19.5. The predicted octanol–water partition coefficient (Wildman–Crippen LogP) is 1.08. The topological polar surface area (TPSA) is 102 Å². The summed E-state index contributed by atoms with van der Waals surface area (Å²) < 4.78 is 0. The summed E-state index contributed by atoms with van der Waals surface area (Å²) in [7, 11) is 0. The normalized spacial score (nSPS) is 16.8. The van der Waals surface area contributed by atoms with Crippen molar-refractivity contribution < 1.29 is 9.90 Å². The Kier molecular flexibility index (Phi) is 7.55. The Morgan fingerprint density at radius 1 is 1.00 bits per heavy atom. The van der Waals surface area contributed by atoms with Crippen LogP contribution in [0.5, 0.6) is 0 Å². The summed E-state index contributed by atoms with van der Waals surface area (Å²) in [6.45, 7) is 7.83. The lowest BCUT2D eigenvalue weighted by molar-refractivity contribution is 0.0697. The minimum absolute atomic E-state index is 0.0481. The van der Waals surface area contributed by atoms with Crippen LogP contribution in [0, 0.1) is 0 Å². The van der Waals surface area contributed by atoms with Crippen LogP contribution in [0.3, 0.4) is 0 Å². The first-order valence-electron chi connectivity index (χ1n) is 9.39. The standard InChI is InChI=1S/C15H15ClN4O2.C4H10N2/c16-12-4-2-1-3-10(12)13-11(14(21)22)9-18-15(19-13)20-7-5-17-6-8-20;1-2-6-4-3-5-1/h1-4,9,17H,5-8H2,(H,21,22);5-6H,1-4H2. The number of aromatic carboxylic acids is 1. The molecule has 4 N–H and O–H groups in total. The molecule has 0 bridgehead atoms. The van der Waals surface area contributed by atoms with Gasteiger partial charge in [0.05, 0.1) is 5.69 Å². The summed E-state index contributed by atoms with van der Waals surface area (Å²) in [4.78, 5) is 22.2. The van der Waals surface area contributed by atoms with Gasteiger partial charge in [0, 0.05) is 69.1 Å². The summed E-state index contributed by atoms with van der Waals surface area (Å²) in [5.74, 6) is -0.539. The number of aromatic nitrogens is 2. The van der Waals surface area contributed by atoms with E-state index in [-0.39, 0.29) is 5.56 Å². The van der Waals surface area contributed by atoms with E-state index >= 15 is 0 Å². The fourth-order valence-corrected chi connectivity index (χ4v) is 3.23. The largest absolute Gasteiger partial charge is 0.478 e. The second kappa shape index (κ2) is 10.3. The molecule has 0 radical (unpaired) electrons. The smallest absolute Gasteiger partial charge is 0.339 e. The highest BCUT2D eigenvalue weighted by atomic mass is 35.5. The van der Waals surface area contributed by atoms with Crippen molar-refractivity contribution in [2.24, 2.45) is 0 Å². The van der Waals surface area contributed by atoms with E-state index in [1.807, 2.05) is 4.90 Å². The van der Waals surface area contributed by atoms with Gasteiger partial charge >= 0.3 is 5.97 Å². The molecule has 0 spiro atoms. The Hall–Kier alpha value is -2.26. The minimum Gasteiger partial charge on any atom is -0.478 e. The quantitative estimate of drug-likeness (QED) is 0.603. The minimum atomic E-state index is -1.07. The Balaban J connectivity index is 0.000000320. The molecule has 28 heavy (non-hydrogen) atoms. The molecule has 2 aliphatic heterocycles. The molecular formula is C19H25ClN6O2. The van der Waals surface area contributed by atoms with Gasteiger partial charge in [0.25, 0.3) is 0 Å². The molecule has 4 rings (SSSR count). The first-order valence-corrected chi connectivity index (χ1v) is 9.77. The van der Waals surface area contributed by atoms with E-state index in [0.29, 0.717) is 22.2 Å². The Bertz CT molecular complexity index is 782. The van der Waals surface area contributed by atoms with Gasteiger partial charge in [-0.3, -0.25) is 0 Å².